The predicted molar refractivity (Wildman–Crippen MR) is 108 cm³/mol. The summed E-state index contributed by atoms with van der Waals surface area (Å²) in [5.74, 6) is 3.42. The molecule has 4 heterocycles. The Morgan fingerprint density at radius 3 is 2.50 bits per heavy atom. The van der Waals surface area contributed by atoms with Crippen LogP contribution in [-0.2, 0) is 0 Å². The van der Waals surface area contributed by atoms with E-state index in [4.69, 9.17) is 9.97 Å². The Hall–Kier alpha value is -3.09. The highest BCUT2D eigenvalue weighted by atomic mass is 15.3. The zero-order valence-corrected chi connectivity index (χ0v) is 16.0. The average molecular weight is 373 g/mol. The number of rotatable bonds is 4. The van der Waals surface area contributed by atoms with Gasteiger partial charge in [-0.2, -0.15) is 0 Å². The molecule has 3 aromatic heterocycles. The van der Waals surface area contributed by atoms with Crippen LogP contribution in [0.5, 0.6) is 0 Å². The lowest BCUT2D eigenvalue weighted by atomic mass is 10.2. The van der Waals surface area contributed by atoms with Gasteiger partial charge in [-0.1, -0.05) is 0 Å². The fourth-order valence-electron chi connectivity index (χ4n) is 3.57. The minimum Gasteiger partial charge on any atom is -0.353 e. The Morgan fingerprint density at radius 2 is 1.75 bits per heavy atom. The molecule has 0 amide bonds. The van der Waals surface area contributed by atoms with Crippen molar-refractivity contribution in [3.63, 3.8) is 0 Å². The molecular formula is C21H23N7. The summed E-state index contributed by atoms with van der Waals surface area (Å²) in [6, 6.07) is 7.97. The smallest absolute Gasteiger partial charge is 0.225 e. The number of pyridine rings is 1. The molecule has 7 heteroatoms. The SMILES string of the molecule is Cc1cc(N2CCN(c3nccc(-c4cccnc4)n3)CC2)nc(C2CC2)n1. The van der Waals surface area contributed by atoms with Crippen LogP contribution in [0.4, 0.5) is 11.8 Å². The van der Waals surface area contributed by atoms with Crippen molar-refractivity contribution in [2.75, 3.05) is 36.0 Å². The number of nitrogens with zero attached hydrogens (tertiary/aromatic N) is 7. The summed E-state index contributed by atoms with van der Waals surface area (Å²) < 4.78 is 0. The molecule has 28 heavy (non-hydrogen) atoms. The van der Waals surface area contributed by atoms with Crippen molar-refractivity contribution >= 4 is 11.8 Å². The van der Waals surface area contributed by atoms with Crippen LogP contribution in [0.25, 0.3) is 11.3 Å². The molecule has 0 radical (unpaired) electrons. The van der Waals surface area contributed by atoms with Gasteiger partial charge in [0.15, 0.2) is 0 Å². The molecule has 1 saturated carbocycles. The fourth-order valence-corrected chi connectivity index (χ4v) is 3.57. The highest BCUT2D eigenvalue weighted by molar-refractivity contribution is 5.59. The molecule has 0 bridgehead atoms. The number of hydrogen-bond acceptors (Lipinski definition) is 7. The Bertz CT molecular complexity index is 963. The van der Waals surface area contributed by atoms with E-state index in [9.17, 15) is 0 Å². The third kappa shape index (κ3) is 3.52. The number of aryl methyl sites for hydroxylation is 1. The van der Waals surface area contributed by atoms with Crippen LogP contribution in [0.2, 0.25) is 0 Å². The van der Waals surface area contributed by atoms with Gasteiger partial charge in [-0.05, 0) is 38.0 Å². The van der Waals surface area contributed by atoms with Gasteiger partial charge in [0.2, 0.25) is 5.95 Å². The van der Waals surface area contributed by atoms with Crippen molar-refractivity contribution in [2.24, 2.45) is 0 Å². The second-order valence-corrected chi connectivity index (χ2v) is 7.46. The number of hydrogen-bond donors (Lipinski definition) is 0. The van der Waals surface area contributed by atoms with Crippen molar-refractivity contribution in [3.8, 4) is 11.3 Å². The molecule has 142 valence electrons. The summed E-state index contributed by atoms with van der Waals surface area (Å²) in [4.78, 5) is 27.5. The molecule has 0 atom stereocenters. The largest absolute Gasteiger partial charge is 0.353 e. The standard InChI is InChI=1S/C21H23N7/c1-15-13-19(26-20(24-15)16-4-5-16)27-9-11-28(12-10-27)21-23-8-6-18(25-21)17-3-2-7-22-14-17/h2-3,6-8,13-14,16H,4-5,9-12H2,1H3. The lowest BCUT2D eigenvalue weighted by molar-refractivity contribution is 0.632. The zero-order valence-electron chi connectivity index (χ0n) is 16.0. The van der Waals surface area contributed by atoms with Gasteiger partial charge < -0.3 is 9.80 Å². The number of piperazine rings is 1. The Kier molecular flexibility index (Phi) is 4.35. The average Bonchev–Trinajstić information content (AvgIpc) is 3.60. The molecule has 2 fully saturated rings. The van der Waals surface area contributed by atoms with Gasteiger partial charge in [-0.3, -0.25) is 4.98 Å². The van der Waals surface area contributed by atoms with Crippen molar-refractivity contribution in [1.82, 2.24) is 24.9 Å². The molecule has 7 nitrogen and oxygen atoms in total. The van der Waals surface area contributed by atoms with Gasteiger partial charge in [0.25, 0.3) is 0 Å². The topological polar surface area (TPSA) is 70.9 Å². The maximum atomic E-state index is 4.83. The molecule has 2 aliphatic rings. The summed E-state index contributed by atoms with van der Waals surface area (Å²) in [5.41, 5.74) is 2.97. The first-order valence-corrected chi connectivity index (χ1v) is 9.85. The maximum absolute atomic E-state index is 4.83. The fraction of sp³-hybridized carbons (Fsp3) is 0.381. The highest BCUT2D eigenvalue weighted by Gasteiger charge is 2.28. The Balaban J connectivity index is 1.30. The normalized spacial score (nSPS) is 17.0. The molecule has 3 aromatic rings. The van der Waals surface area contributed by atoms with Gasteiger partial charge >= 0.3 is 0 Å². The minimum atomic E-state index is 0.573. The summed E-state index contributed by atoms with van der Waals surface area (Å²) in [6.45, 7) is 5.61. The summed E-state index contributed by atoms with van der Waals surface area (Å²) in [5, 5.41) is 0. The molecule has 1 saturated heterocycles. The number of aromatic nitrogens is 5. The van der Waals surface area contributed by atoms with E-state index in [2.05, 4.69) is 37.7 Å². The zero-order chi connectivity index (χ0) is 18.9. The monoisotopic (exact) mass is 373 g/mol. The molecule has 0 unspecified atom stereocenters. The quantitative estimate of drug-likeness (QED) is 0.696. The molecule has 5 rings (SSSR count). The first kappa shape index (κ1) is 17.0. The van der Waals surface area contributed by atoms with Gasteiger partial charge in [-0.25, -0.2) is 19.9 Å². The third-order valence-electron chi connectivity index (χ3n) is 5.29. The summed E-state index contributed by atoms with van der Waals surface area (Å²) >= 11 is 0. The predicted octanol–water partition coefficient (Wildman–Crippen LogP) is 2.84. The van der Waals surface area contributed by atoms with Crippen LogP contribution >= 0.6 is 0 Å². The Labute approximate surface area is 164 Å². The third-order valence-corrected chi connectivity index (χ3v) is 5.29. The van der Waals surface area contributed by atoms with Crippen molar-refractivity contribution in [2.45, 2.75) is 25.7 Å². The van der Waals surface area contributed by atoms with Gasteiger partial charge in [0.1, 0.15) is 11.6 Å². The second kappa shape index (κ2) is 7.14. The molecule has 1 aliphatic heterocycles. The van der Waals surface area contributed by atoms with Crippen molar-refractivity contribution in [1.29, 1.82) is 0 Å². The molecule has 1 aliphatic carbocycles. The van der Waals surface area contributed by atoms with Crippen LogP contribution in [0, 0.1) is 6.92 Å². The van der Waals surface area contributed by atoms with Gasteiger partial charge in [0, 0.05) is 68.0 Å². The molecule has 0 spiro atoms. The highest BCUT2D eigenvalue weighted by Crippen LogP contribution is 2.38. The summed E-state index contributed by atoms with van der Waals surface area (Å²) in [7, 11) is 0. The molecular weight excluding hydrogens is 350 g/mol. The lowest BCUT2D eigenvalue weighted by Gasteiger charge is -2.35. The van der Waals surface area contributed by atoms with E-state index < -0.39 is 0 Å². The second-order valence-electron chi connectivity index (χ2n) is 7.46. The van der Waals surface area contributed by atoms with E-state index in [1.807, 2.05) is 30.6 Å². The van der Waals surface area contributed by atoms with E-state index in [1.54, 1.807) is 6.20 Å². The van der Waals surface area contributed by atoms with E-state index in [-0.39, 0.29) is 0 Å². The van der Waals surface area contributed by atoms with Crippen LogP contribution in [-0.4, -0.2) is 51.1 Å². The Morgan fingerprint density at radius 1 is 0.929 bits per heavy atom. The molecule has 0 N–H and O–H groups in total. The van der Waals surface area contributed by atoms with E-state index >= 15 is 0 Å². The minimum absolute atomic E-state index is 0.573. The van der Waals surface area contributed by atoms with Crippen LogP contribution in [0.1, 0.15) is 30.3 Å². The van der Waals surface area contributed by atoms with E-state index in [0.717, 1.165) is 60.7 Å². The first-order valence-electron chi connectivity index (χ1n) is 9.85. The van der Waals surface area contributed by atoms with E-state index in [1.165, 1.54) is 12.8 Å². The van der Waals surface area contributed by atoms with Gasteiger partial charge in [-0.15, -0.1) is 0 Å². The molecule has 0 aromatic carbocycles. The number of anilines is 2. The van der Waals surface area contributed by atoms with Crippen LogP contribution in [0.3, 0.4) is 0 Å². The maximum Gasteiger partial charge on any atom is 0.225 e. The van der Waals surface area contributed by atoms with Crippen molar-refractivity contribution in [3.05, 3.63) is 54.4 Å². The summed E-state index contributed by atoms with van der Waals surface area (Å²) in [6.07, 6.45) is 7.88. The van der Waals surface area contributed by atoms with Crippen LogP contribution in [0.15, 0.2) is 42.9 Å². The van der Waals surface area contributed by atoms with Gasteiger partial charge in [0.05, 0.1) is 5.69 Å². The van der Waals surface area contributed by atoms with Crippen molar-refractivity contribution < 1.29 is 0 Å². The van der Waals surface area contributed by atoms with E-state index in [0.29, 0.717) is 5.92 Å². The first-order chi connectivity index (χ1) is 13.8. The lowest BCUT2D eigenvalue weighted by Crippen LogP contribution is -2.47. The van der Waals surface area contributed by atoms with Crippen LogP contribution < -0.4 is 9.80 Å².